The Balaban J connectivity index is 1.65. The topological polar surface area (TPSA) is 93.2 Å². The smallest absolute Gasteiger partial charge is 0.338 e. The molecule has 0 spiro atoms. The van der Waals surface area contributed by atoms with E-state index in [1.54, 1.807) is 4.90 Å². The normalized spacial score (nSPS) is 21.5. The second-order valence-electron chi connectivity index (χ2n) is 6.90. The van der Waals surface area contributed by atoms with E-state index in [9.17, 15) is 19.2 Å². The zero-order chi connectivity index (χ0) is 20.4. The van der Waals surface area contributed by atoms with Gasteiger partial charge in [0.25, 0.3) is 17.7 Å². The van der Waals surface area contributed by atoms with Crippen LogP contribution in [0.5, 0.6) is 0 Å². The Morgan fingerprint density at radius 2 is 1.82 bits per heavy atom. The molecular formula is C20H22N2O6. The molecule has 0 aromatic heterocycles. The van der Waals surface area contributed by atoms with Gasteiger partial charge >= 0.3 is 5.97 Å². The van der Waals surface area contributed by atoms with Gasteiger partial charge in [-0.2, -0.15) is 0 Å². The molecule has 2 aliphatic heterocycles. The number of imide groups is 1. The molecule has 2 atom stereocenters. The van der Waals surface area contributed by atoms with Crippen LogP contribution >= 0.6 is 0 Å². The highest BCUT2D eigenvalue weighted by Crippen LogP contribution is 2.24. The number of hydrogen-bond acceptors (Lipinski definition) is 6. The summed E-state index contributed by atoms with van der Waals surface area (Å²) in [6, 6.07) is 4.15. The SMILES string of the molecule is C=CCN1C(=O)c2ccc(C(=O)OCC(=O)N3C[C@@H](C)O[C@@H](C)C3)cc2C1=O. The van der Waals surface area contributed by atoms with Gasteiger partial charge in [0.1, 0.15) is 0 Å². The molecule has 8 nitrogen and oxygen atoms in total. The van der Waals surface area contributed by atoms with Crippen molar-refractivity contribution in [3.05, 3.63) is 47.5 Å². The predicted octanol–water partition coefficient (Wildman–Crippen LogP) is 1.26. The molecule has 2 heterocycles. The minimum absolute atomic E-state index is 0.0813. The number of nitrogens with zero attached hydrogens (tertiary/aromatic N) is 2. The summed E-state index contributed by atoms with van der Waals surface area (Å²) in [4.78, 5) is 51.8. The van der Waals surface area contributed by atoms with Crippen LogP contribution in [0.15, 0.2) is 30.9 Å². The second-order valence-corrected chi connectivity index (χ2v) is 6.90. The number of ether oxygens (including phenoxy) is 2. The molecule has 0 unspecified atom stereocenters. The molecule has 3 amide bonds. The Labute approximate surface area is 162 Å². The zero-order valence-corrected chi connectivity index (χ0v) is 15.8. The van der Waals surface area contributed by atoms with Crippen molar-refractivity contribution in [2.45, 2.75) is 26.1 Å². The molecule has 0 N–H and O–H groups in total. The van der Waals surface area contributed by atoms with Crippen LogP contribution in [0.25, 0.3) is 0 Å². The largest absolute Gasteiger partial charge is 0.452 e. The molecule has 0 aliphatic carbocycles. The number of rotatable bonds is 5. The maximum atomic E-state index is 12.3. The Hall–Kier alpha value is -3.00. The first-order chi connectivity index (χ1) is 13.3. The van der Waals surface area contributed by atoms with Crippen molar-refractivity contribution in [3.8, 4) is 0 Å². The van der Waals surface area contributed by atoms with Crippen molar-refractivity contribution in [3.63, 3.8) is 0 Å². The minimum atomic E-state index is -0.729. The van der Waals surface area contributed by atoms with E-state index in [-0.39, 0.29) is 41.4 Å². The Kier molecular flexibility index (Phi) is 5.60. The number of amides is 3. The molecule has 28 heavy (non-hydrogen) atoms. The van der Waals surface area contributed by atoms with E-state index in [0.29, 0.717) is 13.1 Å². The molecular weight excluding hydrogens is 364 g/mol. The van der Waals surface area contributed by atoms with Crippen LogP contribution in [0, 0.1) is 0 Å². The number of fused-ring (bicyclic) bond motifs is 1. The van der Waals surface area contributed by atoms with Crippen molar-refractivity contribution < 1.29 is 28.7 Å². The number of carbonyl (C=O) groups is 4. The standard InChI is InChI=1S/C20H22N2O6/c1-4-7-22-18(24)15-6-5-14(8-16(15)19(22)25)20(26)27-11-17(23)21-9-12(2)28-13(3)10-21/h4-6,8,12-13H,1,7,9-11H2,2-3H3/t12-,13+. The molecule has 1 fully saturated rings. The van der Waals surface area contributed by atoms with Crippen molar-refractivity contribution >= 4 is 23.7 Å². The summed E-state index contributed by atoms with van der Waals surface area (Å²) in [7, 11) is 0. The van der Waals surface area contributed by atoms with Gasteiger partial charge in [-0.3, -0.25) is 19.3 Å². The molecule has 0 saturated carbocycles. The quantitative estimate of drug-likeness (QED) is 0.430. The average Bonchev–Trinajstić information content (AvgIpc) is 2.90. The van der Waals surface area contributed by atoms with E-state index in [1.165, 1.54) is 24.3 Å². The van der Waals surface area contributed by atoms with E-state index >= 15 is 0 Å². The fourth-order valence-corrected chi connectivity index (χ4v) is 3.40. The summed E-state index contributed by atoms with van der Waals surface area (Å²) in [5, 5.41) is 0. The van der Waals surface area contributed by atoms with E-state index in [0.717, 1.165) is 4.90 Å². The van der Waals surface area contributed by atoms with E-state index in [1.807, 2.05) is 13.8 Å². The lowest BCUT2D eigenvalue weighted by molar-refractivity contribution is -0.146. The van der Waals surface area contributed by atoms with Crippen LogP contribution in [0.3, 0.4) is 0 Å². The van der Waals surface area contributed by atoms with Gasteiger partial charge in [-0.15, -0.1) is 6.58 Å². The molecule has 2 aliphatic rings. The average molecular weight is 386 g/mol. The van der Waals surface area contributed by atoms with Gasteiger partial charge in [-0.1, -0.05) is 6.08 Å². The maximum Gasteiger partial charge on any atom is 0.338 e. The zero-order valence-electron chi connectivity index (χ0n) is 15.8. The molecule has 148 valence electrons. The van der Waals surface area contributed by atoms with Crippen LogP contribution in [0.1, 0.15) is 44.9 Å². The lowest BCUT2D eigenvalue weighted by Crippen LogP contribution is -2.49. The molecule has 1 saturated heterocycles. The van der Waals surface area contributed by atoms with Gasteiger partial charge in [0.15, 0.2) is 6.61 Å². The summed E-state index contributed by atoms with van der Waals surface area (Å²) in [6.07, 6.45) is 1.29. The van der Waals surface area contributed by atoms with Gasteiger partial charge in [-0.05, 0) is 32.0 Å². The summed E-state index contributed by atoms with van der Waals surface area (Å²) in [5.41, 5.74) is 0.482. The third kappa shape index (κ3) is 3.82. The third-order valence-corrected chi connectivity index (χ3v) is 4.62. The maximum absolute atomic E-state index is 12.3. The number of morpholine rings is 1. The molecule has 1 aromatic rings. The third-order valence-electron chi connectivity index (χ3n) is 4.62. The van der Waals surface area contributed by atoms with Crippen molar-refractivity contribution in [2.75, 3.05) is 26.2 Å². The first kappa shape index (κ1) is 19.8. The second kappa shape index (κ2) is 7.93. The van der Waals surface area contributed by atoms with Crippen molar-refractivity contribution in [2.24, 2.45) is 0 Å². The number of benzene rings is 1. The Morgan fingerprint density at radius 1 is 1.18 bits per heavy atom. The number of carbonyl (C=O) groups excluding carboxylic acids is 4. The molecule has 3 rings (SSSR count). The number of esters is 1. The van der Waals surface area contributed by atoms with Crippen LogP contribution in [-0.2, 0) is 14.3 Å². The lowest BCUT2D eigenvalue weighted by atomic mass is 10.1. The Morgan fingerprint density at radius 3 is 2.46 bits per heavy atom. The van der Waals surface area contributed by atoms with Crippen LogP contribution in [-0.4, -0.2) is 71.9 Å². The van der Waals surface area contributed by atoms with Gasteiger partial charge in [-0.25, -0.2) is 4.79 Å². The molecule has 8 heteroatoms. The Bertz CT molecular complexity index is 839. The van der Waals surface area contributed by atoms with Crippen LogP contribution in [0.2, 0.25) is 0 Å². The minimum Gasteiger partial charge on any atom is -0.452 e. The highest BCUT2D eigenvalue weighted by molar-refractivity contribution is 6.22. The fraction of sp³-hybridized carbons (Fsp3) is 0.400. The summed E-state index contributed by atoms with van der Waals surface area (Å²) < 4.78 is 10.7. The van der Waals surface area contributed by atoms with E-state index in [2.05, 4.69) is 6.58 Å². The van der Waals surface area contributed by atoms with Crippen molar-refractivity contribution in [1.29, 1.82) is 0 Å². The van der Waals surface area contributed by atoms with Gasteiger partial charge in [0, 0.05) is 19.6 Å². The van der Waals surface area contributed by atoms with Gasteiger partial charge in [0.2, 0.25) is 0 Å². The number of hydrogen-bond donors (Lipinski definition) is 0. The van der Waals surface area contributed by atoms with Crippen LogP contribution in [0.4, 0.5) is 0 Å². The summed E-state index contributed by atoms with van der Waals surface area (Å²) in [6.45, 7) is 7.85. The van der Waals surface area contributed by atoms with Gasteiger partial charge < -0.3 is 14.4 Å². The summed E-state index contributed by atoms with van der Waals surface area (Å²) >= 11 is 0. The van der Waals surface area contributed by atoms with E-state index < -0.39 is 24.4 Å². The first-order valence-electron chi connectivity index (χ1n) is 9.03. The van der Waals surface area contributed by atoms with Crippen LogP contribution < -0.4 is 0 Å². The fourth-order valence-electron chi connectivity index (χ4n) is 3.40. The van der Waals surface area contributed by atoms with Gasteiger partial charge in [0.05, 0.1) is 28.9 Å². The monoisotopic (exact) mass is 386 g/mol. The summed E-state index contributed by atoms with van der Waals surface area (Å²) in [5.74, 6) is -1.94. The molecule has 0 radical (unpaired) electrons. The highest BCUT2D eigenvalue weighted by Gasteiger charge is 2.35. The first-order valence-corrected chi connectivity index (χ1v) is 9.03. The van der Waals surface area contributed by atoms with Crippen molar-refractivity contribution in [1.82, 2.24) is 9.80 Å². The van der Waals surface area contributed by atoms with E-state index in [4.69, 9.17) is 9.47 Å². The molecule has 0 bridgehead atoms. The molecule has 1 aromatic carbocycles. The lowest BCUT2D eigenvalue weighted by Gasteiger charge is -2.35. The predicted molar refractivity (Wildman–Crippen MR) is 98.9 cm³/mol. The highest BCUT2D eigenvalue weighted by atomic mass is 16.5.